The summed E-state index contributed by atoms with van der Waals surface area (Å²) in [5.74, 6) is 0.762. The summed E-state index contributed by atoms with van der Waals surface area (Å²) in [6.07, 6.45) is 2.01. The second-order valence-electron chi connectivity index (χ2n) is 7.47. The van der Waals surface area contributed by atoms with E-state index < -0.39 is 0 Å². The lowest BCUT2D eigenvalue weighted by Gasteiger charge is -2.40. The normalized spacial score (nSPS) is 25.6. The highest BCUT2D eigenvalue weighted by molar-refractivity contribution is 5.74. The molecule has 0 aliphatic carbocycles. The molecule has 2 unspecified atom stereocenters. The molecule has 0 aromatic heterocycles. The highest BCUT2D eigenvalue weighted by atomic mass is 16.3. The van der Waals surface area contributed by atoms with Gasteiger partial charge in [-0.05, 0) is 31.7 Å². The van der Waals surface area contributed by atoms with E-state index in [1.54, 1.807) is 0 Å². The Balaban J connectivity index is 1.82. The number of carbonyl (C=O) groups excluding carboxylic acids is 1. The lowest BCUT2D eigenvalue weighted by Crippen LogP contribution is -2.55. The molecule has 0 radical (unpaired) electrons. The van der Waals surface area contributed by atoms with E-state index in [2.05, 4.69) is 36.0 Å². The molecule has 6 heteroatoms. The number of rotatable bonds is 5. The van der Waals surface area contributed by atoms with Gasteiger partial charge in [-0.25, -0.2) is 4.79 Å². The van der Waals surface area contributed by atoms with Gasteiger partial charge in [-0.1, -0.05) is 13.8 Å². The van der Waals surface area contributed by atoms with Crippen LogP contribution in [0.25, 0.3) is 0 Å². The Morgan fingerprint density at radius 3 is 2.52 bits per heavy atom. The average Bonchev–Trinajstić information content (AvgIpc) is 2.56. The number of hydrogen-bond donors (Lipinski definition) is 2. The molecule has 2 atom stereocenters. The molecule has 0 bridgehead atoms. The van der Waals surface area contributed by atoms with Crippen molar-refractivity contribution in [3.63, 3.8) is 0 Å². The molecular weight excluding hydrogens is 292 g/mol. The molecule has 2 amide bonds. The number of urea groups is 1. The molecule has 0 spiro atoms. The van der Waals surface area contributed by atoms with Crippen LogP contribution in [-0.2, 0) is 0 Å². The van der Waals surface area contributed by atoms with Crippen LogP contribution in [0, 0.1) is 11.8 Å². The smallest absolute Gasteiger partial charge is 0.317 e. The number of likely N-dealkylation sites (N-methyl/N-ethyl adjacent to an activating group) is 1. The van der Waals surface area contributed by atoms with Gasteiger partial charge in [0.05, 0.1) is 0 Å². The van der Waals surface area contributed by atoms with E-state index in [1.807, 2.05) is 4.90 Å². The van der Waals surface area contributed by atoms with Gasteiger partial charge in [0.15, 0.2) is 0 Å². The first-order valence-corrected chi connectivity index (χ1v) is 9.07. The standard InChI is InChI=1S/C17H34N4O2/c1-14(2)16(20-9-7-19(3)8-10-20)11-18-17(23)21-6-4-5-15(12-21)13-22/h14-16,22H,4-13H2,1-3H3,(H,18,23). The Morgan fingerprint density at radius 1 is 1.22 bits per heavy atom. The van der Waals surface area contributed by atoms with Crippen LogP contribution in [0.2, 0.25) is 0 Å². The Labute approximate surface area is 140 Å². The number of nitrogens with zero attached hydrogens (tertiary/aromatic N) is 3. The van der Waals surface area contributed by atoms with Gasteiger partial charge in [-0.15, -0.1) is 0 Å². The molecule has 2 aliphatic heterocycles. The molecule has 134 valence electrons. The van der Waals surface area contributed by atoms with Crippen molar-refractivity contribution in [2.45, 2.75) is 32.7 Å². The van der Waals surface area contributed by atoms with Crippen molar-refractivity contribution >= 4 is 6.03 Å². The molecule has 2 fully saturated rings. The molecule has 2 rings (SSSR count). The van der Waals surface area contributed by atoms with E-state index >= 15 is 0 Å². The zero-order valence-corrected chi connectivity index (χ0v) is 15.0. The predicted octanol–water partition coefficient (Wildman–Crippen LogP) is 0.672. The van der Waals surface area contributed by atoms with Gasteiger partial charge in [0.2, 0.25) is 0 Å². The molecule has 2 heterocycles. The summed E-state index contributed by atoms with van der Waals surface area (Å²) in [5, 5.41) is 12.4. The number of piperazine rings is 1. The largest absolute Gasteiger partial charge is 0.396 e. The lowest BCUT2D eigenvalue weighted by molar-refractivity contribution is 0.0856. The van der Waals surface area contributed by atoms with Gasteiger partial charge in [-0.3, -0.25) is 4.90 Å². The topological polar surface area (TPSA) is 59.1 Å². The van der Waals surface area contributed by atoms with Crippen LogP contribution in [-0.4, -0.2) is 91.3 Å². The molecule has 2 aliphatic rings. The molecule has 2 N–H and O–H groups in total. The van der Waals surface area contributed by atoms with E-state index in [1.165, 1.54) is 0 Å². The maximum Gasteiger partial charge on any atom is 0.317 e. The van der Waals surface area contributed by atoms with Crippen LogP contribution in [0.1, 0.15) is 26.7 Å². The summed E-state index contributed by atoms with van der Waals surface area (Å²) in [4.78, 5) is 19.2. The van der Waals surface area contributed by atoms with Crippen LogP contribution < -0.4 is 5.32 Å². The second-order valence-corrected chi connectivity index (χ2v) is 7.47. The van der Waals surface area contributed by atoms with E-state index in [9.17, 15) is 9.90 Å². The predicted molar refractivity (Wildman–Crippen MR) is 92.5 cm³/mol. The monoisotopic (exact) mass is 326 g/mol. The first kappa shape index (κ1) is 18.5. The van der Waals surface area contributed by atoms with Crippen LogP contribution in [0.3, 0.4) is 0 Å². The zero-order chi connectivity index (χ0) is 16.8. The third-order valence-electron chi connectivity index (χ3n) is 5.30. The number of likely N-dealkylation sites (tertiary alicyclic amines) is 1. The Morgan fingerprint density at radius 2 is 1.91 bits per heavy atom. The number of hydrogen-bond acceptors (Lipinski definition) is 4. The molecule has 6 nitrogen and oxygen atoms in total. The van der Waals surface area contributed by atoms with Crippen molar-refractivity contribution in [1.29, 1.82) is 0 Å². The van der Waals surface area contributed by atoms with Gasteiger partial charge in [0.25, 0.3) is 0 Å². The minimum absolute atomic E-state index is 0.0305. The molecule has 0 aromatic rings. The average molecular weight is 326 g/mol. The van der Waals surface area contributed by atoms with E-state index in [4.69, 9.17) is 0 Å². The van der Waals surface area contributed by atoms with Crippen molar-refractivity contribution in [3.05, 3.63) is 0 Å². The highest BCUT2D eigenvalue weighted by Gasteiger charge is 2.27. The third-order valence-corrected chi connectivity index (χ3v) is 5.30. The zero-order valence-electron chi connectivity index (χ0n) is 15.0. The molecule has 0 saturated carbocycles. The van der Waals surface area contributed by atoms with Crippen LogP contribution in [0.15, 0.2) is 0 Å². The Hall–Kier alpha value is -0.850. The lowest BCUT2D eigenvalue weighted by atomic mass is 9.99. The summed E-state index contributed by atoms with van der Waals surface area (Å²) < 4.78 is 0. The fourth-order valence-corrected chi connectivity index (χ4v) is 3.64. The molecule has 23 heavy (non-hydrogen) atoms. The van der Waals surface area contributed by atoms with Gasteiger partial charge in [0.1, 0.15) is 0 Å². The Kier molecular flexibility index (Phi) is 7.11. The molecule has 2 saturated heterocycles. The first-order chi connectivity index (χ1) is 11.0. The van der Waals surface area contributed by atoms with Crippen molar-refractivity contribution < 1.29 is 9.90 Å². The molecule has 0 aromatic carbocycles. The summed E-state index contributed by atoms with van der Waals surface area (Å²) in [6, 6.07) is 0.425. The number of aliphatic hydroxyl groups excluding tert-OH is 1. The summed E-state index contributed by atoms with van der Waals surface area (Å²) >= 11 is 0. The summed E-state index contributed by atoms with van der Waals surface area (Å²) in [7, 11) is 2.16. The fourth-order valence-electron chi connectivity index (χ4n) is 3.64. The quantitative estimate of drug-likeness (QED) is 0.780. The summed E-state index contributed by atoms with van der Waals surface area (Å²) in [6.45, 7) is 11.2. The van der Waals surface area contributed by atoms with Gasteiger partial charge in [-0.2, -0.15) is 0 Å². The van der Waals surface area contributed by atoms with Crippen molar-refractivity contribution in [2.24, 2.45) is 11.8 Å². The van der Waals surface area contributed by atoms with Crippen molar-refractivity contribution in [1.82, 2.24) is 20.0 Å². The van der Waals surface area contributed by atoms with Crippen molar-refractivity contribution in [3.8, 4) is 0 Å². The highest BCUT2D eigenvalue weighted by Crippen LogP contribution is 2.16. The number of piperidine rings is 1. The number of carbonyl (C=O) groups is 1. The van der Waals surface area contributed by atoms with E-state index in [0.717, 1.165) is 45.6 Å². The van der Waals surface area contributed by atoms with Crippen LogP contribution in [0.4, 0.5) is 4.79 Å². The minimum Gasteiger partial charge on any atom is -0.396 e. The second kappa shape index (κ2) is 8.85. The van der Waals surface area contributed by atoms with Crippen molar-refractivity contribution in [2.75, 3.05) is 59.5 Å². The maximum absolute atomic E-state index is 12.4. The van der Waals surface area contributed by atoms with Crippen LogP contribution >= 0.6 is 0 Å². The van der Waals surface area contributed by atoms with E-state index in [-0.39, 0.29) is 18.6 Å². The number of nitrogens with one attached hydrogen (secondary N) is 1. The van der Waals surface area contributed by atoms with Gasteiger partial charge in [0, 0.05) is 58.5 Å². The van der Waals surface area contributed by atoms with Gasteiger partial charge < -0.3 is 20.2 Å². The third kappa shape index (κ3) is 5.33. The number of amides is 2. The minimum atomic E-state index is 0.0305. The Bertz CT molecular complexity index is 370. The van der Waals surface area contributed by atoms with E-state index in [0.29, 0.717) is 25.0 Å². The maximum atomic E-state index is 12.4. The summed E-state index contributed by atoms with van der Waals surface area (Å²) in [5.41, 5.74) is 0. The number of aliphatic hydroxyl groups is 1. The SMILES string of the molecule is CC(C)C(CNC(=O)N1CCCC(CO)C1)N1CCN(C)CC1. The van der Waals surface area contributed by atoms with Crippen LogP contribution in [0.5, 0.6) is 0 Å². The van der Waals surface area contributed by atoms with Gasteiger partial charge >= 0.3 is 6.03 Å². The first-order valence-electron chi connectivity index (χ1n) is 9.07. The fraction of sp³-hybridized carbons (Fsp3) is 0.941. The molecular formula is C17H34N4O2.